The molecule has 106 valence electrons. The number of halogens is 1. The van der Waals surface area contributed by atoms with Crippen molar-refractivity contribution in [3.63, 3.8) is 0 Å². The number of benzene rings is 1. The van der Waals surface area contributed by atoms with Crippen LogP contribution in [-0.4, -0.2) is 30.1 Å². The van der Waals surface area contributed by atoms with Gasteiger partial charge in [0.25, 0.3) is 0 Å². The van der Waals surface area contributed by atoms with Gasteiger partial charge in [0.15, 0.2) is 0 Å². The molecule has 2 unspecified atom stereocenters. The summed E-state index contributed by atoms with van der Waals surface area (Å²) in [6, 6.07) is 9.34. The first-order chi connectivity index (χ1) is 8.86. The van der Waals surface area contributed by atoms with Crippen molar-refractivity contribution in [1.29, 1.82) is 0 Å². The second-order valence-electron chi connectivity index (χ2n) is 6.73. The molecule has 1 aromatic carbocycles. The first-order valence-electron chi connectivity index (χ1n) is 7.08. The molecule has 1 aliphatic rings. The Hall–Kier alpha value is -0.570. The maximum atomic E-state index is 5.94. The first-order valence-corrected chi connectivity index (χ1v) is 7.46. The number of hydrogen-bond acceptors (Lipinski definition) is 2. The molecule has 0 saturated carbocycles. The van der Waals surface area contributed by atoms with Crippen LogP contribution < -0.4 is 5.32 Å². The van der Waals surface area contributed by atoms with Crippen molar-refractivity contribution in [2.24, 2.45) is 5.41 Å². The fourth-order valence-electron chi connectivity index (χ4n) is 2.55. The number of piperazine rings is 1. The summed E-state index contributed by atoms with van der Waals surface area (Å²) in [7, 11) is 0. The standard InChI is InChI=1S/C16H25ClN2/c1-12-9-18-15(16(2,3)4)11-19(12)10-13-5-7-14(17)8-6-13/h5-8,12,15,18H,9-11H2,1-4H3. The summed E-state index contributed by atoms with van der Waals surface area (Å²) in [4.78, 5) is 2.57. The van der Waals surface area contributed by atoms with E-state index in [0.29, 0.717) is 17.5 Å². The van der Waals surface area contributed by atoms with Crippen LogP contribution in [0.2, 0.25) is 5.02 Å². The molecule has 3 heteroatoms. The van der Waals surface area contributed by atoms with Crippen molar-refractivity contribution in [2.75, 3.05) is 13.1 Å². The molecule has 1 aliphatic heterocycles. The Bertz CT molecular complexity index is 408. The average Bonchev–Trinajstić information content (AvgIpc) is 2.33. The molecular weight excluding hydrogens is 256 g/mol. The van der Waals surface area contributed by atoms with Crippen molar-refractivity contribution in [3.05, 3.63) is 34.9 Å². The zero-order valence-corrected chi connectivity index (χ0v) is 13.2. The maximum absolute atomic E-state index is 5.94. The van der Waals surface area contributed by atoms with Crippen LogP contribution in [0.15, 0.2) is 24.3 Å². The summed E-state index contributed by atoms with van der Waals surface area (Å²) >= 11 is 5.94. The SMILES string of the molecule is CC1CNC(C(C)(C)C)CN1Cc1ccc(Cl)cc1. The van der Waals surface area contributed by atoms with Crippen molar-refractivity contribution in [1.82, 2.24) is 10.2 Å². The summed E-state index contributed by atoms with van der Waals surface area (Å²) in [6.07, 6.45) is 0. The molecule has 0 radical (unpaired) electrons. The molecule has 0 bridgehead atoms. The van der Waals surface area contributed by atoms with Crippen LogP contribution in [0.3, 0.4) is 0 Å². The van der Waals surface area contributed by atoms with Gasteiger partial charge in [0.2, 0.25) is 0 Å². The van der Waals surface area contributed by atoms with Gasteiger partial charge in [-0.15, -0.1) is 0 Å². The van der Waals surface area contributed by atoms with Gasteiger partial charge in [-0.25, -0.2) is 0 Å². The molecule has 1 saturated heterocycles. The Kier molecular flexibility index (Phi) is 4.54. The third-order valence-corrected chi connectivity index (χ3v) is 4.30. The predicted octanol–water partition coefficient (Wildman–Crippen LogP) is 3.55. The minimum atomic E-state index is 0.304. The first kappa shape index (κ1) is 14.8. The van der Waals surface area contributed by atoms with E-state index < -0.39 is 0 Å². The lowest BCUT2D eigenvalue weighted by Gasteiger charge is -2.44. The van der Waals surface area contributed by atoms with E-state index >= 15 is 0 Å². The number of rotatable bonds is 2. The Balaban J connectivity index is 2.03. The minimum absolute atomic E-state index is 0.304. The van der Waals surface area contributed by atoms with Gasteiger partial charge in [-0.1, -0.05) is 44.5 Å². The van der Waals surface area contributed by atoms with Crippen LogP contribution >= 0.6 is 11.6 Å². The van der Waals surface area contributed by atoms with Crippen LogP contribution in [0.4, 0.5) is 0 Å². The highest BCUT2D eigenvalue weighted by atomic mass is 35.5. The van der Waals surface area contributed by atoms with Gasteiger partial charge in [-0.3, -0.25) is 4.90 Å². The van der Waals surface area contributed by atoms with Gasteiger partial charge in [0.1, 0.15) is 0 Å². The van der Waals surface area contributed by atoms with Gasteiger partial charge in [0, 0.05) is 36.7 Å². The molecule has 0 aromatic heterocycles. The topological polar surface area (TPSA) is 15.3 Å². The molecule has 0 aliphatic carbocycles. The molecule has 1 N–H and O–H groups in total. The van der Waals surface area contributed by atoms with Gasteiger partial charge in [-0.2, -0.15) is 0 Å². The Morgan fingerprint density at radius 2 is 1.89 bits per heavy atom. The van der Waals surface area contributed by atoms with Crippen molar-refractivity contribution in [3.8, 4) is 0 Å². The lowest BCUT2D eigenvalue weighted by Crippen LogP contribution is -2.59. The largest absolute Gasteiger partial charge is 0.311 e. The van der Waals surface area contributed by atoms with Crippen LogP contribution in [0, 0.1) is 5.41 Å². The molecule has 2 atom stereocenters. The minimum Gasteiger partial charge on any atom is -0.311 e. The van der Waals surface area contributed by atoms with E-state index in [1.54, 1.807) is 0 Å². The summed E-state index contributed by atoms with van der Waals surface area (Å²) in [5, 5.41) is 4.48. The molecule has 0 spiro atoms. The van der Waals surface area contributed by atoms with Crippen LogP contribution in [0.1, 0.15) is 33.3 Å². The average molecular weight is 281 g/mol. The van der Waals surface area contributed by atoms with E-state index in [1.165, 1.54) is 5.56 Å². The Morgan fingerprint density at radius 3 is 2.47 bits per heavy atom. The smallest absolute Gasteiger partial charge is 0.0406 e. The zero-order chi connectivity index (χ0) is 14.0. The summed E-state index contributed by atoms with van der Waals surface area (Å²) in [5.41, 5.74) is 1.64. The van der Waals surface area contributed by atoms with Gasteiger partial charge in [-0.05, 0) is 30.0 Å². The quantitative estimate of drug-likeness (QED) is 0.891. The molecule has 19 heavy (non-hydrogen) atoms. The lowest BCUT2D eigenvalue weighted by atomic mass is 9.84. The van der Waals surface area contributed by atoms with Crippen LogP contribution in [0.25, 0.3) is 0 Å². The highest BCUT2D eigenvalue weighted by Crippen LogP contribution is 2.24. The monoisotopic (exact) mass is 280 g/mol. The zero-order valence-electron chi connectivity index (χ0n) is 12.4. The second-order valence-corrected chi connectivity index (χ2v) is 7.17. The summed E-state index contributed by atoms with van der Waals surface area (Å²) in [6.45, 7) is 12.4. The molecule has 2 rings (SSSR count). The van der Waals surface area contributed by atoms with E-state index in [2.05, 4.69) is 50.0 Å². The van der Waals surface area contributed by atoms with Crippen molar-refractivity contribution >= 4 is 11.6 Å². The van der Waals surface area contributed by atoms with Crippen LogP contribution in [0.5, 0.6) is 0 Å². The molecular formula is C16H25ClN2. The maximum Gasteiger partial charge on any atom is 0.0406 e. The van der Waals surface area contributed by atoms with Crippen molar-refractivity contribution < 1.29 is 0 Å². The van der Waals surface area contributed by atoms with Gasteiger partial charge >= 0.3 is 0 Å². The van der Waals surface area contributed by atoms with Gasteiger partial charge in [0.05, 0.1) is 0 Å². The second kappa shape index (κ2) is 5.82. The van der Waals surface area contributed by atoms with Gasteiger partial charge < -0.3 is 5.32 Å². The fraction of sp³-hybridized carbons (Fsp3) is 0.625. The molecule has 1 aromatic rings. The lowest BCUT2D eigenvalue weighted by molar-refractivity contribution is 0.0877. The highest BCUT2D eigenvalue weighted by Gasteiger charge is 2.32. The Morgan fingerprint density at radius 1 is 1.26 bits per heavy atom. The van der Waals surface area contributed by atoms with E-state index in [-0.39, 0.29) is 0 Å². The third-order valence-electron chi connectivity index (χ3n) is 4.04. The summed E-state index contributed by atoms with van der Waals surface area (Å²) in [5.74, 6) is 0. The van der Waals surface area contributed by atoms with E-state index in [1.807, 2.05) is 12.1 Å². The van der Waals surface area contributed by atoms with E-state index in [4.69, 9.17) is 11.6 Å². The molecule has 1 heterocycles. The molecule has 2 nitrogen and oxygen atoms in total. The summed E-state index contributed by atoms with van der Waals surface area (Å²) < 4.78 is 0. The van der Waals surface area contributed by atoms with E-state index in [0.717, 1.165) is 24.7 Å². The normalized spacial score (nSPS) is 25.5. The predicted molar refractivity (Wildman–Crippen MR) is 82.6 cm³/mol. The van der Waals surface area contributed by atoms with Crippen molar-refractivity contribution in [2.45, 2.75) is 46.3 Å². The highest BCUT2D eigenvalue weighted by molar-refractivity contribution is 6.30. The fourth-order valence-corrected chi connectivity index (χ4v) is 2.67. The molecule has 1 fully saturated rings. The van der Waals surface area contributed by atoms with Crippen LogP contribution in [-0.2, 0) is 6.54 Å². The van der Waals surface area contributed by atoms with E-state index in [9.17, 15) is 0 Å². The molecule has 0 amide bonds. The number of nitrogens with one attached hydrogen (secondary N) is 1. The Labute approximate surface area is 122 Å². The number of hydrogen-bond donors (Lipinski definition) is 1. The number of nitrogens with zero attached hydrogens (tertiary/aromatic N) is 1. The third kappa shape index (κ3) is 3.95.